The Morgan fingerprint density at radius 3 is 2.56 bits per heavy atom. The number of hydrogen-bond donors (Lipinski definition) is 2. The van der Waals surface area contributed by atoms with E-state index in [1.165, 1.54) is 12.1 Å². The van der Waals surface area contributed by atoms with Crippen molar-refractivity contribution in [2.75, 3.05) is 63.7 Å². The first-order valence-electron chi connectivity index (χ1n) is 11.1. The minimum Gasteiger partial charge on any atom is -0.379 e. The monoisotopic (exact) mass is 470 g/mol. The van der Waals surface area contributed by atoms with Crippen LogP contribution in [0.3, 0.4) is 0 Å². The molecule has 0 atom stereocenters. The number of benzene rings is 2. The molecule has 2 aromatic carbocycles. The molecular weight excluding hydrogens is 442 g/mol. The van der Waals surface area contributed by atoms with E-state index in [4.69, 9.17) is 9.72 Å². The van der Waals surface area contributed by atoms with Gasteiger partial charge >= 0.3 is 0 Å². The van der Waals surface area contributed by atoms with Gasteiger partial charge in [-0.15, -0.1) is 0 Å². The summed E-state index contributed by atoms with van der Waals surface area (Å²) in [5, 5.41) is 6.09. The van der Waals surface area contributed by atoms with E-state index >= 15 is 0 Å². The fourth-order valence-corrected chi connectivity index (χ4v) is 3.72. The zero-order chi connectivity index (χ0) is 24.1. The Balaban J connectivity index is 1.65. The maximum absolute atomic E-state index is 13.6. The van der Waals surface area contributed by atoms with Crippen molar-refractivity contribution in [2.24, 2.45) is 0 Å². The molecule has 0 unspecified atom stereocenters. The topological polar surface area (TPSA) is 82.6 Å². The average molecular weight is 471 g/mol. The molecule has 0 radical (unpaired) electrons. The number of amides is 1. The van der Waals surface area contributed by atoms with E-state index in [9.17, 15) is 13.6 Å². The summed E-state index contributed by atoms with van der Waals surface area (Å²) in [5.74, 6) is -0.823. The van der Waals surface area contributed by atoms with E-state index in [1.54, 1.807) is 18.3 Å². The molecule has 8 nitrogen and oxygen atoms in total. The van der Waals surface area contributed by atoms with Gasteiger partial charge in [-0.25, -0.2) is 13.8 Å². The van der Waals surface area contributed by atoms with Crippen molar-refractivity contribution in [1.29, 1.82) is 0 Å². The highest BCUT2D eigenvalue weighted by Crippen LogP contribution is 2.26. The highest BCUT2D eigenvalue weighted by Gasteiger charge is 2.17. The minimum absolute atomic E-state index is 0.152. The van der Waals surface area contributed by atoms with Crippen LogP contribution in [0, 0.1) is 11.6 Å². The molecule has 34 heavy (non-hydrogen) atoms. The largest absolute Gasteiger partial charge is 0.379 e. The molecule has 4 rings (SSSR count). The molecule has 1 fully saturated rings. The van der Waals surface area contributed by atoms with Gasteiger partial charge in [-0.05, 0) is 43.9 Å². The Hall–Kier alpha value is -3.37. The summed E-state index contributed by atoms with van der Waals surface area (Å²) in [5.41, 5.74) is 2.54. The lowest BCUT2D eigenvalue weighted by atomic mass is 10.1. The first-order valence-corrected chi connectivity index (χ1v) is 11.1. The molecule has 1 aliphatic heterocycles. The van der Waals surface area contributed by atoms with Gasteiger partial charge < -0.3 is 25.2 Å². The lowest BCUT2D eigenvalue weighted by molar-refractivity contribution is 0.0951. The number of nitrogens with one attached hydrogen (secondary N) is 2. The number of anilines is 2. The maximum Gasteiger partial charge on any atom is 0.251 e. The van der Waals surface area contributed by atoms with Gasteiger partial charge in [0.2, 0.25) is 0 Å². The van der Waals surface area contributed by atoms with Crippen LogP contribution in [0.15, 0.2) is 36.5 Å². The predicted molar refractivity (Wildman–Crippen MR) is 127 cm³/mol. The molecule has 0 saturated carbocycles. The highest BCUT2D eigenvalue weighted by atomic mass is 19.1. The van der Waals surface area contributed by atoms with E-state index in [0.717, 1.165) is 6.07 Å². The second-order valence-electron chi connectivity index (χ2n) is 8.41. The number of fused-ring (bicyclic) bond motifs is 1. The Morgan fingerprint density at radius 1 is 1.12 bits per heavy atom. The normalized spacial score (nSPS) is 14.0. The second kappa shape index (κ2) is 10.7. The molecule has 10 heteroatoms. The zero-order valence-corrected chi connectivity index (χ0v) is 19.3. The van der Waals surface area contributed by atoms with E-state index in [2.05, 4.69) is 20.5 Å². The Bertz CT molecular complexity index is 1150. The van der Waals surface area contributed by atoms with Crippen LogP contribution in [0.1, 0.15) is 15.9 Å². The van der Waals surface area contributed by atoms with Gasteiger partial charge in [-0.2, -0.15) is 0 Å². The number of nitrogens with zero attached hydrogens (tertiary/aromatic N) is 4. The third kappa shape index (κ3) is 5.95. The van der Waals surface area contributed by atoms with E-state index in [1.807, 2.05) is 19.0 Å². The first-order chi connectivity index (χ1) is 16.4. The number of morpholine rings is 1. The SMILES string of the molecule is CN(C)CCNC(=O)c1cc(NCc2cc(F)cc(F)c2)c2nc(N3CCOCC3)cnc2c1. The van der Waals surface area contributed by atoms with Gasteiger partial charge in [0.15, 0.2) is 0 Å². The molecule has 2 N–H and O–H groups in total. The third-order valence-electron chi connectivity index (χ3n) is 5.48. The number of halogens is 2. The van der Waals surface area contributed by atoms with Crippen molar-refractivity contribution in [1.82, 2.24) is 20.2 Å². The first kappa shape index (κ1) is 23.8. The summed E-state index contributed by atoms with van der Waals surface area (Å²) in [6.07, 6.45) is 1.69. The number of aromatic nitrogens is 2. The zero-order valence-electron chi connectivity index (χ0n) is 19.3. The summed E-state index contributed by atoms with van der Waals surface area (Å²) in [6.45, 7) is 3.99. The average Bonchev–Trinajstić information content (AvgIpc) is 2.81. The number of rotatable bonds is 8. The van der Waals surface area contributed by atoms with Crippen molar-refractivity contribution in [3.05, 3.63) is 59.3 Å². The number of carbonyl (C=O) groups is 1. The summed E-state index contributed by atoms with van der Waals surface area (Å²) < 4.78 is 32.7. The second-order valence-corrected chi connectivity index (χ2v) is 8.41. The van der Waals surface area contributed by atoms with Gasteiger partial charge in [0.1, 0.15) is 23.0 Å². The van der Waals surface area contributed by atoms with Gasteiger partial charge in [0.25, 0.3) is 5.91 Å². The van der Waals surface area contributed by atoms with Gasteiger partial charge in [-0.3, -0.25) is 9.78 Å². The van der Waals surface area contributed by atoms with E-state index in [-0.39, 0.29) is 12.5 Å². The molecule has 2 heterocycles. The molecule has 0 aliphatic carbocycles. The van der Waals surface area contributed by atoms with Crippen molar-refractivity contribution < 1.29 is 18.3 Å². The van der Waals surface area contributed by atoms with Crippen molar-refractivity contribution in [3.63, 3.8) is 0 Å². The standard InChI is InChI=1S/C24H28F2N6O2/c1-31(2)4-3-27-24(33)17-11-20(28-14-16-9-18(25)13-19(26)10-16)23-21(12-17)29-15-22(30-23)32-5-7-34-8-6-32/h9-13,15,28H,3-8,14H2,1-2H3,(H,27,33). The van der Waals surface area contributed by atoms with Crippen LogP contribution < -0.4 is 15.5 Å². The molecular formula is C24H28F2N6O2. The number of carbonyl (C=O) groups excluding carboxylic acids is 1. The lowest BCUT2D eigenvalue weighted by Crippen LogP contribution is -2.36. The Kier molecular flexibility index (Phi) is 7.49. The Morgan fingerprint density at radius 2 is 1.85 bits per heavy atom. The molecule has 1 aromatic heterocycles. The molecule has 1 amide bonds. The summed E-state index contributed by atoms with van der Waals surface area (Å²) in [7, 11) is 3.86. The van der Waals surface area contributed by atoms with Crippen molar-refractivity contribution >= 4 is 28.4 Å². The molecule has 0 spiro atoms. The smallest absolute Gasteiger partial charge is 0.251 e. The van der Waals surface area contributed by atoms with Crippen molar-refractivity contribution in [3.8, 4) is 0 Å². The van der Waals surface area contributed by atoms with Crippen molar-refractivity contribution in [2.45, 2.75) is 6.54 Å². The highest BCUT2D eigenvalue weighted by molar-refractivity contribution is 6.01. The minimum atomic E-state index is -0.648. The fourth-order valence-electron chi connectivity index (χ4n) is 3.72. The maximum atomic E-state index is 13.6. The number of hydrogen-bond acceptors (Lipinski definition) is 7. The van der Waals surface area contributed by atoms with Gasteiger partial charge in [0.05, 0.1) is 30.6 Å². The summed E-state index contributed by atoms with van der Waals surface area (Å²) in [6, 6.07) is 6.75. The van der Waals surface area contributed by atoms with Crippen LogP contribution >= 0.6 is 0 Å². The summed E-state index contributed by atoms with van der Waals surface area (Å²) >= 11 is 0. The number of likely N-dealkylation sites (N-methyl/N-ethyl adjacent to an activating group) is 1. The van der Waals surface area contributed by atoms with E-state index in [0.29, 0.717) is 73.1 Å². The Labute approximate surface area is 196 Å². The van der Waals surface area contributed by atoms with E-state index < -0.39 is 11.6 Å². The fraction of sp³-hybridized carbons (Fsp3) is 0.375. The van der Waals surface area contributed by atoms with Gasteiger partial charge in [0, 0.05) is 44.4 Å². The molecule has 180 valence electrons. The molecule has 1 saturated heterocycles. The molecule has 1 aliphatic rings. The quantitative estimate of drug-likeness (QED) is 0.524. The van der Waals surface area contributed by atoms with Crippen LogP contribution in [0.5, 0.6) is 0 Å². The molecule has 0 bridgehead atoms. The predicted octanol–water partition coefficient (Wildman–Crippen LogP) is 2.65. The van der Waals surface area contributed by atoms with Crippen LogP contribution in [0.4, 0.5) is 20.3 Å². The van der Waals surface area contributed by atoms with Crippen LogP contribution in [-0.4, -0.2) is 74.3 Å². The third-order valence-corrected chi connectivity index (χ3v) is 5.48. The molecule has 3 aromatic rings. The van der Waals surface area contributed by atoms with Crippen LogP contribution in [0.25, 0.3) is 11.0 Å². The van der Waals surface area contributed by atoms with Crippen LogP contribution in [0.2, 0.25) is 0 Å². The lowest BCUT2D eigenvalue weighted by Gasteiger charge is -2.27. The summed E-state index contributed by atoms with van der Waals surface area (Å²) in [4.78, 5) is 26.2. The van der Waals surface area contributed by atoms with Gasteiger partial charge in [-0.1, -0.05) is 0 Å². The van der Waals surface area contributed by atoms with Crippen LogP contribution in [-0.2, 0) is 11.3 Å². The number of ether oxygens (including phenoxy) is 1.